The van der Waals surface area contributed by atoms with Crippen LogP contribution in [0.15, 0.2) is 6.20 Å². The van der Waals surface area contributed by atoms with E-state index in [1.54, 1.807) is 13.1 Å². The van der Waals surface area contributed by atoms with E-state index in [0.29, 0.717) is 18.8 Å². The lowest BCUT2D eigenvalue weighted by Gasteiger charge is -2.41. The number of ether oxygens (including phenoxy) is 1. The zero-order valence-corrected chi connectivity index (χ0v) is 16.1. The minimum atomic E-state index is -0.959. The molecular weight excluding hydrogens is 350 g/mol. The Morgan fingerprint density at radius 2 is 1.85 bits per heavy atom. The highest BCUT2D eigenvalue weighted by molar-refractivity contribution is 5.82. The van der Waals surface area contributed by atoms with E-state index in [4.69, 9.17) is 9.84 Å². The molecule has 2 atom stereocenters. The van der Waals surface area contributed by atoms with Crippen molar-refractivity contribution in [2.75, 3.05) is 26.2 Å². The first-order valence-corrected chi connectivity index (χ1v) is 9.73. The molecule has 9 heteroatoms. The third kappa shape index (κ3) is 4.84. The predicted molar refractivity (Wildman–Crippen MR) is 97.0 cm³/mol. The number of aliphatic carboxylic acids is 1. The summed E-state index contributed by atoms with van der Waals surface area (Å²) in [5, 5.41) is 16.7. The van der Waals surface area contributed by atoms with E-state index >= 15 is 0 Å². The standard InChI is InChI=1S/C18H29N5O4/c1-13(21-7-5-3-4-6-8-21)17(24)22-10-16(11-22)27-12-15-9-23(20-19-15)14(2)18(25)26/h9,13-14,16H,3-8,10-12H2,1-2H3,(H,25,26). The Hall–Kier alpha value is -2.00. The first-order valence-electron chi connectivity index (χ1n) is 9.73. The maximum atomic E-state index is 12.6. The molecule has 0 saturated carbocycles. The van der Waals surface area contributed by atoms with E-state index in [9.17, 15) is 9.59 Å². The summed E-state index contributed by atoms with van der Waals surface area (Å²) in [4.78, 5) is 27.8. The minimum absolute atomic E-state index is 0.00710. The first kappa shape index (κ1) is 19.8. The highest BCUT2D eigenvalue weighted by Gasteiger charge is 2.35. The molecule has 0 spiro atoms. The molecule has 0 aliphatic carbocycles. The van der Waals surface area contributed by atoms with Crippen molar-refractivity contribution in [3.05, 3.63) is 11.9 Å². The fourth-order valence-corrected chi connectivity index (χ4v) is 3.51. The Labute approximate surface area is 159 Å². The Morgan fingerprint density at radius 3 is 2.48 bits per heavy atom. The van der Waals surface area contributed by atoms with E-state index in [1.807, 2.05) is 11.8 Å². The van der Waals surface area contributed by atoms with Gasteiger partial charge in [-0.2, -0.15) is 0 Å². The molecule has 2 aliphatic rings. The van der Waals surface area contributed by atoms with E-state index in [1.165, 1.54) is 30.4 Å². The molecule has 9 nitrogen and oxygen atoms in total. The van der Waals surface area contributed by atoms with Gasteiger partial charge in [0, 0.05) is 13.1 Å². The molecule has 2 aliphatic heterocycles. The molecule has 1 aromatic rings. The summed E-state index contributed by atoms with van der Waals surface area (Å²) >= 11 is 0. The van der Waals surface area contributed by atoms with Crippen LogP contribution in [0.4, 0.5) is 0 Å². The summed E-state index contributed by atoms with van der Waals surface area (Å²) in [6.45, 7) is 7.01. The second-order valence-electron chi connectivity index (χ2n) is 7.51. The number of carbonyl (C=O) groups is 2. The Morgan fingerprint density at radius 1 is 1.19 bits per heavy atom. The normalized spacial score (nSPS) is 21.3. The number of rotatable bonds is 7. The molecule has 2 saturated heterocycles. The van der Waals surface area contributed by atoms with Crippen LogP contribution < -0.4 is 0 Å². The zero-order chi connectivity index (χ0) is 19.4. The van der Waals surface area contributed by atoms with Gasteiger partial charge >= 0.3 is 5.97 Å². The average molecular weight is 379 g/mol. The number of aromatic nitrogens is 3. The van der Waals surface area contributed by atoms with Gasteiger partial charge in [-0.15, -0.1) is 5.10 Å². The Bertz CT molecular complexity index is 650. The van der Waals surface area contributed by atoms with Crippen molar-refractivity contribution in [3.8, 4) is 0 Å². The van der Waals surface area contributed by atoms with Crippen LogP contribution >= 0.6 is 0 Å². The molecule has 2 unspecified atom stereocenters. The third-order valence-electron chi connectivity index (χ3n) is 5.48. The summed E-state index contributed by atoms with van der Waals surface area (Å²) < 4.78 is 7.08. The zero-order valence-electron chi connectivity index (χ0n) is 16.1. The summed E-state index contributed by atoms with van der Waals surface area (Å²) in [7, 11) is 0. The lowest BCUT2D eigenvalue weighted by molar-refractivity contribution is -0.151. The second kappa shape index (κ2) is 8.79. The van der Waals surface area contributed by atoms with Gasteiger partial charge < -0.3 is 14.7 Å². The fourth-order valence-electron chi connectivity index (χ4n) is 3.51. The van der Waals surface area contributed by atoms with Gasteiger partial charge in [0.1, 0.15) is 11.7 Å². The lowest BCUT2D eigenvalue weighted by atomic mass is 10.1. The van der Waals surface area contributed by atoms with Crippen LogP contribution in [0.1, 0.15) is 51.3 Å². The molecule has 1 amide bonds. The number of carboxylic acids is 1. The van der Waals surface area contributed by atoms with Crippen LogP contribution in [0.3, 0.4) is 0 Å². The van der Waals surface area contributed by atoms with Crippen molar-refractivity contribution >= 4 is 11.9 Å². The van der Waals surface area contributed by atoms with Gasteiger partial charge in [0.25, 0.3) is 0 Å². The van der Waals surface area contributed by atoms with Gasteiger partial charge in [-0.05, 0) is 39.8 Å². The van der Waals surface area contributed by atoms with Gasteiger partial charge in [-0.25, -0.2) is 9.48 Å². The van der Waals surface area contributed by atoms with Crippen molar-refractivity contribution in [1.82, 2.24) is 24.8 Å². The Kier molecular flexibility index (Phi) is 6.43. The van der Waals surface area contributed by atoms with Gasteiger partial charge in [0.15, 0.2) is 0 Å². The highest BCUT2D eigenvalue weighted by Crippen LogP contribution is 2.19. The number of hydrogen-bond acceptors (Lipinski definition) is 6. The number of carbonyl (C=O) groups excluding carboxylic acids is 1. The number of likely N-dealkylation sites (tertiary alicyclic amines) is 2. The van der Waals surface area contributed by atoms with Crippen molar-refractivity contribution in [1.29, 1.82) is 0 Å². The van der Waals surface area contributed by atoms with E-state index in [0.717, 1.165) is 13.1 Å². The molecule has 3 heterocycles. The molecular formula is C18H29N5O4. The second-order valence-corrected chi connectivity index (χ2v) is 7.51. The number of hydrogen-bond donors (Lipinski definition) is 1. The highest BCUT2D eigenvalue weighted by atomic mass is 16.5. The average Bonchev–Trinajstić information content (AvgIpc) is 2.91. The van der Waals surface area contributed by atoms with Crippen molar-refractivity contribution < 1.29 is 19.4 Å². The Balaban J connectivity index is 1.40. The minimum Gasteiger partial charge on any atom is -0.480 e. The maximum Gasteiger partial charge on any atom is 0.328 e. The number of carboxylic acid groups (broad SMARTS) is 1. The van der Waals surface area contributed by atoms with E-state index in [2.05, 4.69) is 15.2 Å². The molecule has 150 valence electrons. The largest absolute Gasteiger partial charge is 0.480 e. The van der Waals surface area contributed by atoms with E-state index < -0.39 is 12.0 Å². The van der Waals surface area contributed by atoms with Crippen LogP contribution in [-0.2, 0) is 20.9 Å². The fraction of sp³-hybridized carbons (Fsp3) is 0.778. The predicted octanol–water partition coefficient (Wildman–Crippen LogP) is 0.916. The lowest BCUT2D eigenvalue weighted by Crippen LogP contribution is -2.59. The van der Waals surface area contributed by atoms with Crippen molar-refractivity contribution in [2.24, 2.45) is 0 Å². The quantitative estimate of drug-likeness (QED) is 0.751. The number of nitrogens with zero attached hydrogens (tertiary/aromatic N) is 5. The van der Waals surface area contributed by atoms with Crippen LogP contribution in [0.5, 0.6) is 0 Å². The molecule has 0 bridgehead atoms. The number of amides is 1. The molecule has 27 heavy (non-hydrogen) atoms. The van der Waals surface area contributed by atoms with Gasteiger partial charge in [0.05, 0.1) is 24.9 Å². The van der Waals surface area contributed by atoms with Crippen molar-refractivity contribution in [3.63, 3.8) is 0 Å². The molecule has 1 N–H and O–H groups in total. The molecule has 0 aromatic carbocycles. The summed E-state index contributed by atoms with van der Waals surface area (Å²) in [5.41, 5.74) is 0.589. The summed E-state index contributed by atoms with van der Waals surface area (Å²) in [6.07, 6.45) is 6.43. The van der Waals surface area contributed by atoms with Gasteiger partial charge in [-0.1, -0.05) is 18.1 Å². The summed E-state index contributed by atoms with van der Waals surface area (Å²) in [6, 6.07) is -0.829. The van der Waals surface area contributed by atoms with Crippen LogP contribution in [0, 0.1) is 0 Å². The maximum absolute atomic E-state index is 12.6. The third-order valence-corrected chi connectivity index (χ3v) is 5.48. The van der Waals surface area contributed by atoms with Gasteiger partial charge in [-0.3, -0.25) is 9.69 Å². The molecule has 3 rings (SSSR count). The molecule has 1 aromatic heterocycles. The smallest absolute Gasteiger partial charge is 0.328 e. The molecule has 0 radical (unpaired) electrons. The summed E-state index contributed by atoms with van der Waals surface area (Å²) in [5.74, 6) is -0.781. The first-order chi connectivity index (χ1) is 13.0. The topological polar surface area (TPSA) is 101 Å². The monoisotopic (exact) mass is 379 g/mol. The van der Waals surface area contributed by atoms with Crippen LogP contribution in [0.2, 0.25) is 0 Å². The van der Waals surface area contributed by atoms with Crippen LogP contribution in [-0.4, -0.2) is 80.1 Å². The van der Waals surface area contributed by atoms with Gasteiger partial charge in [0.2, 0.25) is 5.91 Å². The van der Waals surface area contributed by atoms with Crippen LogP contribution in [0.25, 0.3) is 0 Å². The molecule has 2 fully saturated rings. The SMILES string of the molecule is CC(C(=O)N1CC(OCc2cn(C(C)C(=O)O)nn2)C1)N1CCCCCC1. The van der Waals surface area contributed by atoms with Crippen molar-refractivity contribution in [2.45, 2.75) is 64.3 Å². The van der Waals surface area contributed by atoms with E-state index in [-0.39, 0.29) is 24.7 Å².